The van der Waals surface area contributed by atoms with Gasteiger partial charge in [-0.2, -0.15) is 0 Å². The van der Waals surface area contributed by atoms with Crippen LogP contribution in [-0.4, -0.2) is 30.5 Å². The quantitative estimate of drug-likeness (QED) is 0.393. The van der Waals surface area contributed by atoms with E-state index in [1.54, 1.807) is 24.3 Å². The Kier molecular flexibility index (Phi) is 5.31. The molecule has 0 unspecified atom stereocenters. The molecular weight excluding hydrogens is 486 g/mol. The van der Waals surface area contributed by atoms with E-state index in [-0.39, 0.29) is 9.77 Å². The molecule has 9 nitrogen and oxygen atoms in total. The van der Waals surface area contributed by atoms with Gasteiger partial charge in [0.25, 0.3) is 15.6 Å². The molecule has 2 aromatic heterocycles. The number of carbonyl (C=O) groups excluding carboxylic acids is 1. The molecule has 0 atom stereocenters. The molecule has 12 heteroatoms. The summed E-state index contributed by atoms with van der Waals surface area (Å²) in [6.07, 6.45) is 2.32. The Balaban J connectivity index is 1.35. The minimum absolute atomic E-state index is 0.0670. The number of halogens is 1. The lowest BCUT2D eigenvalue weighted by molar-refractivity contribution is 0.256. The summed E-state index contributed by atoms with van der Waals surface area (Å²) in [7, 11) is -4.03. The molecule has 5 rings (SSSR count). The number of aromatic nitrogens is 2. The van der Waals surface area contributed by atoms with Gasteiger partial charge in [-0.05, 0) is 60.5 Å². The van der Waals surface area contributed by atoms with Crippen LogP contribution in [0.25, 0.3) is 16.6 Å². The molecule has 168 valence electrons. The molecule has 0 spiro atoms. The van der Waals surface area contributed by atoms with Gasteiger partial charge in [-0.25, -0.2) is 22.9 Å². The van der Waals surface area contributed by atoms with Gasteiger partial charge < -0.3 is 10.6 Å². The van der Waals surface area contributed by atoms with Crippen molar-refractivity contribution in [2.45, 2.75) is 10.6 Å². The van der Waals surface area contributed by atoms with E-state index in [9.17, 15) is 18.0 Å². The number of sulfonamides is 1. The number of fused-ring (bicyclic) bond motifs is 2. The molecule has 33 heavy (non-hydrogen) atoms. The Hall–Kier alpha value is -3.41. The normalized spacial score (nSPS) is 12.9. The predicted octanol–water partition coefficient (Wildman–Crippen LogP) is 3.58. The zero-order chi connectivity index (χ0) is 23.2. The minimum atomic E-state index is -4.03. The summed E-state index contributed by atoms with van der Waals surface area (Å²) in [6.45, 7) is 0.838. The van der Waals surface area contributed by atoms with Crippen molar-refractivity contribution < 1.29 is 13.2 Å². The Morgan fingerprint density at radius 1 is 1.15 bits per heavy atom. The summed E-state index contributed by atoms with van der Waals surface area (Å²) >= 11 is 6.60. The number of benzene rings is 2. The van der Waals surface area contributed by atoms with Crippen LogP contribution in [0.3, 0.4) is 0 Å². The maximum atomic E-state index is 13.0. The van der Waals surface area contributed by atoms with E-state index in [0.29, 0.717) is 26.6 Å². The zero-order valence-electron chi connectivity index (χ0n) is 16.8. The van der Waals surface area contributed by atoms with Crippen molar-refractivity contribution >= 4 is 61.3 Å². The van der Waals surface area contributed by atoms with Gasteiger partial charge in [0.05, 0.1) is 20.9 Å². The van der Waals surface area contributed by atoms with Crippen molar-refractivity contribution in [2.75, 3.05) is 17.2 Å². The van der Waals surface area contributed by atoms with Gasteiger partial charge in [0.2, 0.25) is 0 Å². The number of nitrogens with zero attached hydrogens (tertiary/aromatic N) is 2. The highest BCUT2D eigenvalue weighted by Crippen LogP contribution is 2.26. The van der Waals surface area contributed by atoms with Crippen LogP contribution in [0.4, 0.5) is 16.2 Å². The number of thiophene rings is 1. The van der Waals surface area contributed by atoms with E-state index < -0.39 is 16.1 Å². The molecule has 1 aliphatic rings. The molecule has 1 aliphatic heterocycles. The van der Waals surface area contributed by atoms with Gasteiger partial charge in [0.1, 0.15) is 10.5 Å². The summed E-state index contributed by atoms with van der Waals surface area (Å²) in [5.74, 6) is 0. The Bertz CT molecular complexity index is 1560. The van der Waals surface area contributed by atoms with E-state index >= 15 is 0 Å². The molecule has 0 saturated carbocycles. The zero-order valence-corrected chi connectivity index (χ0v) is 19.2. The van der Waals surface area contributed by atoms with Gasteiger partial charge in [0, 0.05) is 17.9 Å². The number of rotatable bonds is 4. The number of amides is 2. The largest absolute Gasteiger partial charge is 0.384 e. The van der Waals surface area contributed by atoms with Crippen LogP contribution in [0.1, 0.15) is 5.56 Å². The van der Waals surface area contributed by atoms with E-state index in [0.717, 1.165) is 35.6 Å². The second-order valence-electron chi connectivity index (χ2n) is 7.29. The van der Waals surface area contributed by atoms with E-state index in [4.69, 9.17) is 11.6 Å². The lowest BCUT2D eigenvalue weighted by Crippen LogP contribution is -2.33. The third-order valence-corrected chi connectivity index (χ3v) is 8.19. The van der Waals surface area contributed by atoms with Crippen molar-refractivity contribution in [2.24, 2.45) is 0 Å². The molecule has 3 N–H and O–H groups in total. The van der Waals surface area contributed by atoms with Crippen LogP contribution in [-0.2, 0) is 16.4 Å². The lowest BCUT2D eigenvalue weighted by atomic mass is 10.1. The van der Waals surface area contributed by atoms with Gasteiger partial charge >= 0.3 is 6.03 Å². The molecular formula is C21H16ClN5O4S2. The minimum Gasteiger partial charge on any atom is -0.384 e. The van der Waals surface area contributed by atoms with Gasteiger partial charge in [0.15, 0.2) is 0 Å². The molecule has 0 radical (unpaired) electrons. The SMILES string of the molecule is O=C(Nc1ccc(-n2cnc3cc4c(cc3c2=O)CCN4)cc1)NS(=O)(=O)c1ccc(Cl)s1. The van der Waals surface area contributed by atoms with Crippen LogP contribution < -0.4 is 20.9 Å². The smallest absolute Gasteiger partial charge is 0.333 e. The highest BCUT2D eigenvalue weighted by atomic mass is 35.5. The van der Waals surface area contributed by atoms with Crippen LogP contribution >= 0.6 is 22.9 Å². The highest BCUT2D eigenvalue weighted by molar-refractivity contribution is 7.92. The van der Waals surface area contributed by atoms with Crippen molar-refractivity contribution in [3.63, 3.8) is 0 Å². The summed E-state index contributed by atoms with van der Waals surface area (Å²) < 4.78 is 28.0. The van der Waals surface area contributed by atoms with Crippen molar-refractivity contribution in [3.8, 4) is 5.69 Å². The van der Waals surface area contributed by atoms with Crippen LogP contribution in [0.15, 0.2) is 63.9 Å². The van der Waals surface area contributed by atoms with Crippen molar-refractivity contribution in [1.82, 2.24) is 14.3 Å². The third-order valence-electron chi connectivity index (χ3n) is 5.14. The Morgan fingerprint density at radius 2 is 1.94 bits per heavy atom. The van der Waals surface area contributed by atoms with Gasteiger partial charge in [-0.15, -0.1) is 11.3 Å². The number of hydrogen-bond donors (Lipinski definition) is 3. The van der Waals surface area contributed by atoms with Gasteiger partial charge in [-0.1, -0.05) is 11.6 Å². The van der Waals surface area contributed by atoms with Crippen LogP contribution in [0.5, 0.6) is 0 Å². The monoisotopic (exact) mass is 501 g/mol. The average molecular weight is 502 g/mol. The fraction of sp³-hybridized carbons (Fsp3) is 0.0952. The maximum Gasteiger partial charge on any atom is 0.333 e. The molecule has 3 heterocycles. The number of urea groups is 1. The average Bonchev–Trinajstić information content (AvgIpc) is 3.42. The van der Waals surface area contributed by atoms with Crippen LogP contribution in [0, 0.1) is 0 Å². The van der Waals surface area contributed by atoms with Crippen molar-refractivity contribution in [1.29, 1.82) is 0 Å². The summed E-state index contributed by atoms with van der Waals surface area (Å²) in [5.41, 5.74) is 3.41. The molecule has 0 bridgehead atoms. The first kappa shape index (κ1) is 21.4. The highest BCUT2D eigenvalue weighted by Gasteiger charge is 2.20. The fourth-order valence-corrected chi connectivity index (χ4v) is 5.97. The predicted molar refractivity (Wildman–Crippen MR) is 128 cm³/mol. The number of nitrogens with one attached hydrogen (secondary N) is 3. The topological polar surface area (TPSA) is 122 Å². The molecule has 0 saturated heterocycles. The van der Waals surface area contributed by atoms with Gasteiger partial charge in [-0.3, -0.25) is 9.36 Å². The van der Waals surface area contributed by atoms with E-state index in [1.165, 1.54) is 23.0 Å². The first-order chi connectivity index (χ1) is 15.8. The second-order valence-corrected chi connectivity index (χ2v) is 10.9. The van der Waals surface area contributed by atoms with Crippen LogP contribution in [0.2, 0.25) is 4.34 Å². The van der Waals surface area contributed by atoms with E-state index in [1.807, 2.05) is 16.9 Å². The third kappa shape index (κ3) is 4.17. The molecule has 2 aromatic carbocycles. The summed E-state index contributed by atoms with van der Waals surface area (Å²) in [6, 6.07) is 12.0. The maximum absolute atomic E-state index is 13.0. The fourth-order valence-electron chi connectivity index (χ4n) is 3.58. The second kappa shape index (κ2) is 8.18. The summed E-state index contributed by atoms with van der Waals surface area (Å²) in [4.78, 5) is 29.6. The molecule has 4 aromatic rings. The number of anilines is 2. The summed E-state index contributed by atoms with van der Waals surface area (Å²) in [5, 5.41) is 6.26. The van der Waals surface area contributed by atoms with E-state index in [2.05, 4.69) is 15.6 Å². The van der Waals surface area contributed by atoms with Crippen molar-refractivity contribution in [3.05, 3.63) is 75.1 Å². The first-order valence-electron chi connectivity index (χ1n) is 9.78. The Morgan fingerprint density at radius 3 is 2.67 bits per heavy atom. The number of carbonyl (C=O) groups is 1. The first-order valence-corrected chi connectivity index (χ1v) is 12.5. The standard InChI is InChI=1S/C21H16ClN5O4S2/c22-18-5-6-19(32-18)33(30,31)26-21(29)25-13-1-3-14(4-2-13)27-11-24-17-10-16-12(7-8-23-16)9-15(17)20(27)28/h1-6,9-11,23H,7-8H2,(H2,25,26,29). The molecule has 0 fully saturated rings. The Labute approximate surface area is 197 Å². The molecule has 0 aliphatic carbocycles. The lowest BCUT2D eigenvalue weighted by Gasteiger charge is -2.10. The number of hydrogen-bond acceptors (Lipinski definition) is 7. The molecule has 2 amide bonds.